The molecule has 0 spiro atoms. The standard InChI is InChI=1S/C19H23N3/c20-16-12-8-13-17-19(16)22-18(21-17)14-7-2-1-4-9-15-10-5-3-6-11-15/h3,5-6,8,10-13H,1-2,4,7,9,14,20H2,(H,21,22). The van der Waals surface area contributed by atoms with Crippen molar-refractivity contribution in [1.29, 1.82) is 0 Å². The number of aromatic nitrogens is 2. The van der Waals surface area contributed by atoms with Crippen molar-refractivity contribution in [2.75, 3.05) is 5.73 Å². The Labute approximate surface area is 131 Å². The van der Waals surface area contributed by atoms with Gasteiger partial charge in [0.1, 0.15) is 11.3 Å². The number of aryl methyl sites for hydroxylation is 2. The third kappa shape index (κ3) is 3.67. The first-order valence-corrected chi connectivity index (χ1v) is 8.10. The number of rotatable bonds is 7. The van der Waals surface area contributed by atoms with Gasteiger partial charge in [0.2, 0.25) is 0 Å². The van der Waals surface area contributed by atoms with Gasteiger partial charge in [0.15, 0.2) is 0 Å². The normalized spacial score (nSPS) is 11.1. The summed E-state index contributed by atoms with van der Waals surface area (Å²) in [5.74, 6) is 1.05. The van der Waals surface area contributed by atoms with E-state index in [-0.39, 0.29) is 0 Å². The van der Waals surface area contributed by atoms with E-state index in [4.69, 9.17) is 5.73 Å². The van der Waals surface area contributed by atoms with Gasteiger partial charge in [-0.25, -0.2) is 4.98 Å². The first kappa shape index (κ1) is 14.6. The monoisotopic (exact) mass is 293 g/mol. The van der Waals surface area contributed by atoms with Crippen LogP contribution in [0.3, 0.4) is 0 Å². The van der Waals surface area contributed by atoms with Gasteiger partial charge in [0.25, 0.3) is 0 Å². The van der Waals surface area contributed by atoms with Crippen LogP contribution in [0.4, 0.5) is 5.69 Å². The van der Waals surface area contributed by atoms with Crippen molar-refractivity contribution in [3.8, 4) is 0 Å². The molecule has 1 heterocycles. The Morgan fingerprint density at radius 1 is 0.818 bits per heavy atom. The van der Waals surface area contributed by atoms with Crippen LogP contribution in [0.5, 0.6) is 0 Å². The van der Waals surface area contributed by atoms with Gasteiger partial charge in [0.05, 0.1) is 11.2 Å². The zero-order valence-corrected chi connectivity index (χ0v) is 12.9. The molecule has 0 aliphatic heterocycles. The Kier molecular flexibility index (Phi) is 4.74. The number of fused-ring (bicyclic) bond motifs is 1. The van der Waals surface area contributed by atoms with Crippen molar-refractivity contribution in [1.82, 2.24) is 9.97 Å². The summed E-state index contributed by atoms with van der Waals surface area (Å²) < 4.78 is 0. The Bertz CT molecular complexity index is 716. The summed E-state index contributed by atoms with van der Waals surface area (Å²) in [5.41, 5.74) is 10.1. The largest absolute Gasteiger partial charge is 0.397 e. The van der Waals surface area contributed by atoms with Gasteiger partial charge < -0.3 is 10.7 Å². The quantitative estimate of drug-likeness (QED) is 0.498. The Morgan fingerprint density at radius 3 is 2.36 bits per heavy atom. The van der Waals surface area contributed by atoms with Crippen molar-refractivity contribution in [2.24, 2.45) is 0 Å². The molecule has 0 bridgehead atoms. The van der Waals surface area contributed by atoms with Crippen LogP contribution in [0.25, 0.3) is 11.0 Å². The Morgan fingerprint density at radius 2 is 1.59 bits per heavy atom. The average Bonchev–Trinajstić information content (AvgIpc) is 2.96. The topological polar surface area (TPSA) is 54.7 Å². The van der Waals surface area contributed by atoms with Gasteiger partial charge in [-0.15, -0.1) is 0 Å². The van der Waals surface area contributed by atoms with Gasteiger partial charge >= 0.3 is 0 Å². The van der Waals surface area contributed by atoms with Crippen LogP contribution in [-0.2, 0) is 12.8 Å². The molecule has 3 heteroatoms. The predicted molar refractivity (Wildman–Crippen MR) is 92.8 cm³/mol. The number of unbranched alkanes of at least 4 members (excludes halogenated alkanes) is 3. The smallest absolute Gasteiger partial charge is 0.111 e. The minimum absolute atomic E-state index is 0.753. The number of hydrogen-bond donors (Lipinski definition) is 2. The average molecular weight is 293 g/mol. The van der Waals surface area contributed by atoms with E-state index in [0.717, 1.165) is 29.0 Å². The van der Waals surface area contributed by atoms with E-state index < -0.39 is 0 Å². The zero-order valence-electron chi connectivity index (χ0n) is 12.9. The molecule has 0 atom stereocenters. The van der Waals surface area contributed by atoms with E-state index in [1.165, 1.54) is 37.7 Å². The molecule has 3 aromatic rings. The molecule has 3 N–H and O–H groups in total. The molecule has 1 aromatic heterocycles. The molecule has 0 saturated carbocycles. The van der Waals surface area contributed by atoms with Crippen LogP contribution >= 0.6 is 0 Å². The first-order valence-electron chi connectivity index (χ1n) is 8.10. The number of imidazole rings is 1. The number of benzene rings is 2. The molecular weight excluding hydrogens is 270 g/mol. The zero-order chi connectivity index (χ0) is 15.2. The number of hydrogen-bond acceptors (Lipinski definition) is 2. The first-order chi connectivity index (χ1) is 10.8. The lowest BCUT2D eigenvalue weighted by molar-refractivity contribution is 0.632. The van der Waals surface area contributed by atoms with E-state index in [0.29, 0.717) is 0 Å². The van der Waals surface area contributed by atoms with Crippen molar-refractivity contribution in [3.63, 3.8) is 0 Å². The second-order valence-electron chi connectivity index (χ2n) is 5.83. The fourth-order valence-corrected chi connectivity index (χ4v) is 2.84. The fourth-order valence-electron chi connectivity index (χ4n) is 2.84. The minimum atomic E-state index is 0.753. The van der Waals surface area contributed by atoms with Crippen molar-refractivity contribution < 1.29 is 0 Å². The molecule has 0 unspecified atom stereocenters. The van der Waals surface area contributed by atoms with Crippen LogP contribution in [0.15, 0.2) is 48.5 Å². The molecule has 0 saturated heterocycles. The highest BCUT2D eigenvalue weighted by Gasteiger charge is 2.04. The van der Waals surface area contributed by atoms with Gasteiger partial charge in [-0.2, -0.15) is 0 Å². The number of H-pyrrole nitrogens is 1. The van der Waals surface area contributed by atoms with Gasteiger partial charge in [-0.3, -0.25) is 0 Å². The molecular formula is C19H23N3. The minimum Gasteiger partial charge on any atom is -0.397 e. The molecule has 0 aliphatic rings. The third-order valence-electron chi connectivity index (χ3n) is 4.06. The maximum atomic E-state index is 5.94. The lowest BCUT2D eigenvalue weighted by Gasteiger charge is -2.01. The van der Waals surface area contributed by atoms with E-state index in [1.807, 2.05) is 18.2 Å². The molecule has 0 fully saturated rings. The van der Waals surface area contributed by atoms with Gasteiger partial charge in [-0.05, 0) is 37.0 Å². The van der Waals surface area contributed by atoms with E-state index in [2.05, 4.69) is 40.3 Å². The molecule has 114 valence electrons. The van der Waals surface area contributed by atoms with E-state index >= 15 is 0 Å². The molecule has 0 radical (unpaired) electrons. The van der Waals surface area contributed by atoms with Crippen molar-refractivity contribution in [3.05, 3.63) is 59.9 Å². The summed E-state index contributed by atoms with van der Waals surface area (Å²) in [6, 6.07) is 16.6. The van der Waals surface area contributed by atoms with Crippen LogP contribution < -0.4 is 5.73 Å². The molecule has 0 aliphatic carbocycles. The third-order valence-corrected chi connectivity index (χ3v) is 4.06. The number of nitrogens with zero attached hydrogens (tertiary/aromatic N) is 1. The summed E-state index contributed by atoms with van der Waals surface area (Å²) in [6.07, 6.45) is 7.14. The number of anilines is 1. The number of aromatic amines is 1. The van der Waals surface area contributed by atoms with Crippen LogP contribution in [0.2, 0.25) is 0 Å². The molecule has 0 amide bonds. The van der Waals surface area contributed by atoms with E-state index in [9.17, 15) is 0 Å². The SMILES string of the molecule is Nc1cccc2[nH]c(CCCCCCc3ccccc3)nc12. The maximum Gasteiger partial charge on any atom is 0.111 e. The van der Waals surface area contributed by atoms with Gasteiger partial charge in [-0.1, -0.05) is 49.2 Å². The molecule has 3 rings (SSSR count). The van der Waals surface area contributed by atoms with Crippen LogP contribution in [0.1, 0.15) is 37.1 Å². The second kappa shape index (κ2) is 7.12. The Balaban J connectivity index is 1.40. The predicted octanol–water partition coefficient (Wildman–Crippen LogP) is 4.49. The second-order valence-corrected chi connectivity index (χ2v) is 5.83. The fraction of sp³-hybridized carbons (Fsp3) is 0.316. The Hall–Kier alpha value is -2.29. The molecule has 3 nitrogen and oxygen atoms in total. The number of para-hydroxylation sites is 1. The number of nitrogens with one attached hydrogen (secondary N) is 1. The van der Waals surface area contributed by atoms with Crippen molar-refractivity contribution >= 4 is 16.7 Å². The number of nitrogens with two attached hydrogens (primary N) is 1. The summed E-state index contributed by atoms with van der Waals surface area (Å²) in [4.78, 5) is 7.96. The van der Waals surface area contributed by atoms with Gasteiger partial charge in [0, 0.05) is 6.42 Å². The highest BCUT2D eigenvalue weighted by atomic mass is 14.9. The maximum absolute atomic E-state index is 5.94. The highest BCUT2D eigenvalue weighted by molar-refractivity contribution is 5.86. The highest BCUT2D eigenvalue weighted by Crippen LogP contribution is 2.19. The summed E-state index contributed by atoms with van der Waals surface area (Å²) in [6.45, 7) is 0. The molecule has 22 heavy (non-hydrogen) atoms. The summed E-state index contributed by atoms with van der Waals surface area (Å²) >= 11 is 0. The van der Waals surface area contributed by atoms with Crippen LogP contribution in [-0.4, -0.2) is 9.97 Å². The van der Waals surface area contributed by atoms with Crippen LogP contribution in [0, 0.1) is 0 Å². The number of nitrogen functional groups attached to an aromatic ring is 1. The molecule has 2 aromatic carbocycles. The lowest BCUT2D eigenvalue weighted by Crippen LogP contribution is -1.90. The summed E-state index contributed by atoms with van der Waals surface area (Å²) in [7, 11) is 0. The van der Waals surface area contributed by atoms with Crippen molar-refractivity contribution in [2.45, 2.75) is 38.5 Å². The lowest BCUT2D eigenvalue weighted by atomic mass is 10.1. The summed E-state index contributed by atoms with van der Waals surface area (Å²) in [5, 5.41) is 0. The van der Waals surface area contributed by atoms with E-state index in [1.54, 1.807) is 0 Å².